The van der Waals surface area contributed by atoms with Crippen molar-refractivity contribution >= 4 is 29.1 Å². The Kier molecular flexibility index (Phi) is 6.81. The number of nitrogens with zero attached hydrogens (tertiary/aromatic N) is 2. The summed E-state index contributed by atoms with van der Waals surface area (Å²) < 4.78 is 5.44. The van der Waals surface area contributed by atoms with Crippen molar-refractivity contribution in [2.45, 2.75) is 13.3 Å². The standard InChI is InChI=1S/C21H21ClN4O2/c1-15-2-8-18(9-3-15)28-14-21(27)24-20-11-10-19(25-26-20)23-13-12-16-4-6-17(22)7-5-16/h2-11H,12-14H2,1H3,(H,23,25)(H,24,26,27). The third-order valence-corrected chi connectivity index (χ3v) is 4.21. The number of halogens is 1. The minimum absolute atomic E-state index is 0.0914. The Morgan fingerprint density at radius 2 is 1.64 bits per heavy atom. The van der Waals surface area contributed by atoms with Crippen LogP contribution >= 0.6 is 11.6 Å². The van der Waals surface area contributed by atoms with Gasteiger partial charge in [-0.25, -0.2) is 0 Å². The molecular weight excluding hydrogens is 376 g/mol. The molecule has 6 nitrogen and oxygen atoms in total. The smallest absolute Gasteiger partial charge is 0.263 e. The molecule has 3 rings (SSSR count). The van der Waals surface area contributed by atoms with Crippen LogP contribution in [-0.4, -0.2) is 29.3 Å². The second kappa shape index (κ2) is 9.71. The van der Waals surface area contributed by atoms with Gasteiger partial charge in [0.1, 0.15) is 11.6 Å². The number of hydrogen-bond acceptors (Lipinski definition) is 5. The Morgan fingerprint density at radius 3 is 2.32 bits per heavy atom. The van der Waals surface area contributed by atoms with E-state index in [0.717, 1.165) is 17.0 Å². The maximum atomic E-state index is 12.0. The predicted molar refractivity (Wildman–Crippen MR) is 111 cm³/mol. The van der Waals surface area contributed by atoms with Gasteiger partial charge in [0.25, 0.3) is 5.91 Å². The molecular formula is C21H21ClN4O2. The van der Waals surface area contributed by atoms with E-state index in [1.165, 1.54) is 5.56 Å². The molecule has 0 spiro atoms. The van der Waals surface area contributed by atoms with E-state index in [-0.39, 0.29) is 12.5 Å². The summed E-state index contributed by atoms with van der Waals surface area (Å²) in [5.41, 5.74) is 2.32. The minimum atomic E-state index is -0.293. The van der Waals surface area contributed by atoms with Gasteiger partial charge in [0.05, 0.1) is 0 Å². The van der Waals surface area contributed by atoms with Crippen molar-refractivity contribution in [1.29, 1.82) is 0 Å². The molecule has 0 aliphatic carbocycles. The van der Waals surface area contributed by atoms with E-state index in [4.69, 9.17) is 16.3 Å². The van der Waals surface area contributed by atoms with E-state index < -0.39 is 0 Å². The van der Waals surface area contributed by atoms with Gasteiger partial charge in [-0.3, -0.25) is 4.79 Å². The Morgan fingerprint density at radius 1 is 0.964 bits per heavy atom. The lowest BCUT2D eigenvalue weighted by atomic mass is 10.1. The maximum Gasteiger partial charge on any atom is 0.263 e. The first kappa shape index (κ1) is 19.6. The lowest BCUT2D eigenvalue weighted by Gasteiger charge is -2.08. The molecule has 0 aliphatic rings. The monoisotopic (exact) mass is 396 g/mol. The Bertz CT molecular complexity index is 897. The summed E-state index contributed by atoms with van der Waals surface area (Å²) in [5, 5.41) is 14.7. The van der Waals surface area contributed by atoms with Crippen LogP contribution in [0.2, 0.25) is 5.02 Å². The van der Waals surface area contributed by atoms with E-state index in [1.807, 2.05) is 55.5 Å². The van der Waals surface area contributed by atoms with Crippen LogP contribution in [0.3, 0.4) is 0 Å². The number of aromatic nitrogens is 2. The molecule has 3 aromatic rings. The molecule has 2 aromatic carbocycles. The summed E-state index contributed by atoms with van der Waals surface area (Å²) in [6.45, 7) is 2.61. The fraction of sp³-hybridized carbons (Fsp3) is 0.190. The molecule has 0 radical (unpaired) electrons. The molecule has 0 saturated heterocycles. The van der Waals surface area contributed by atoms with Crippen molar-refractivity contribution in [3.63, 3.8) is 0 Å². The van der Waals surface area contributed by atoms with E-state index in [2.05, 4.69) is 20.8 Å². The zero-order valence-corrected chi connectivity index (χ0v) is 16.2. The number of aryl methyl sites for hydroxylation is 1. The van der Waals surface area contributed by atoms with Crippen molar-refractivity contribution in [2.24, 2.45) is 0 Å². The van der Waals surface area contributed by atoms with Crippen LogP contribution in [0.25, 0.3) is 0 Å². The number of anilines is 2. The molecule has 144 valence electrons. The van der Waals surface area contributed by atoms with Crippen molar-refractivity contribution < 1.29 is 9.53 Å². The highest BCUT2D eigenvalue weighted by molar-refractivity contribution is 6.30. The topological polar surface area (TPSA) is 76.1 Å². The Hall–Kier alpha value is -3.12. The van der Waals surface area contributed by atoms with Crippen molar-refractivity contribution in [3.05, 3.63) is 76.8 Å². The zero-order chi connectivity index (χ0) is 19.8. The first-order valence-electron chi connectivity index (χ1n) is 8.90. The fourth-order valence-corrected chi connectivity index (χ4v) is 2.57. The van der Waals surface area contributed by atoms with Gasteiger partial charge < -0.3 is 15.4 Å². The number of ether oxygens (including phenoxy) is 1. The van der Waals surface area contributed by atoms with Crippen molar-refractivity contribution in [2.75, 3.05) is 23.8 Å². The molecule has 1 amide bonds. The Labute approximate surface area is 168 Å². The normalized spacial score (nSPS) is 10.4. The molecule has 0 fully saturated rings. The fourth-order valence-electron chi connectivity index (χ4n) is 2.44. The van der Waals surface area contributed by atoms with E-state index >= 15 is 0 Å². The summed E-state index contributed by atoms with van der Waals surface area (Å²) in [6.07, 6.45) is 0.841. The summed E-state index contributed by atoms with van der Waals surface area (Å²) >= 11 is 5.88. The average Bonchev–Trinajstić information content (AvgIpc) is 2.70. The molecule has 7 heteroatoms. The first-order valence-corrected chi connectivity index (χ1v) is 9.28. The largest absolute Gasteiger partial charge is 0.484 e. The SMILES string of the molecule is Cc1ccc(OCC(=O)Nc2ccc(NCCc3ccc(Cl)cc3)nn2)cc1. The summed E-state index contributed by atoms with van der Waals surface area (Å²) in [7, 11) is 0. The summed E-state index contributed by atoms with van der Waals surface area (Å²) in [5.74, 6) is 1.37. The van der Waals surface area contributed by atoms with Crippen LogP contribution < -0.4 is 15.4 Å². The molecule has 2 N–H and O–H groups in total. The lowest BCUT2D eigenvalue weighted by Crippen LogP contribution is -2.21. The van der Waals surface area contributed by atoms with Gasteiger partial charge >= 0.3 is 0 Å². The molecule has 0 unspecified atom stereocenters. The molecule has 1 heterocycles. The van der Waals surface area contributed by atoms with Crippen LogP contribution in [-0.2, 0) is 11.2 Å². The number of nitrogens with one attached hydrogen (secondary N) is 2. The molecule has 0 aliphatic heterocycles. The first-order chi connectivity index (χ1) is 13.6. The second-order valence-electron chi connectivity index (χ2n) is 6.26. The highest BCUT2D eigenvalue weighted by Gasteiger charge is 2.06. The minimum Gasteiger partial charge on any atom is -0.484 e. The quantitative estimate of drug-likeness (QED) is 0.599. The average molecular weight is 397 g/mol. The van der Waals surface area contributed by atoms with E-state index in [0.29, 0.717) is 23.9 Å². The van der Waals surface area contributed by atoms with Gasteiger partial charge in [-0.1, -0.05) is 41.4 Å². The van der Waals surface area contributed by atoms with E-state index in [1.54, 1.807) is 12.1 Å². The van der Waals surface area contributed by atoms with Crippen LogP contribution in [0, 0.1) is 6.92 Å². The maximum absolute atomic E-state index is 12.0. The van der Waals surface area contributed by atoms with Gasteiger partial charge in [-0.05, 0) is 55.3 Å². The van der Waals surface area contributed by atoms with Crippen molar-refractivity contribution in [3.8, 4) is 5.75 Å². The third kappa shape index (κ3) is 6.25. The number of carbonyl (C=O) groups excluding carboxylic acids is 1. The van der Waals surface area contributed by atoms with Crippen LogP contribution in [0.4, 0.5) is 11.6 Å². The number of carbonyl (C=O) groups is 1. The van der Waals surface area contributed by atoms with Crippen LogP contribution in [0.15, 0.2) is 60.7 Å². The highest BCUT2D eigenvalue weighted by atomic mass is 35.5. The molecule has 0 bridgehead atoms. The molecule has 1 aromatic heterocycles. The lowest BCUT2D eigenvalue weighted by molar-refractivity contribution is -0.118. The summed E-state index contributed by atoms with van der Waals surface area (Å²) in [4.78, 5) is 12.0. The molecule has 28 heavy (non-hydrogen) atoms. The van der Waals surface area contributed by atoms with Gasteiger partial charge in [0.15, 0.2) is 12.4 Å². The molecule has 0 atom stereocenters. The number of hydrogen-bond donors (Lipinski definition) is 2. The highest BCUT2D eigenvalue weighted by Crippen LogP contribution is 2.12. The number of benzene rings is 2. The van der Waals surface area contributed by atoms with Crippen LogP contribution in [0.5, 0.6) is 5.75 Å². The zero-order valence-electron chi connectivity index (χ0n) is 15.5. The van der Waals surface area contributed by atoms with Crippen molar-refractivity contribution in [1.82, 2.24) is 10.2 Å². The van der Waals surface area contributed by atoms with Gasteiger partial charge in [0, 0.05) is 11.6 Å². The van der Waals surface area contributed by atoms with E-state index in [9.17, 15) is 4.79 Å². The molecule has 0 saturated carbocycles. The predicted octanol–water partition coefficient (Wildman–Crippen LogP) is 4.11. The third-order valence-electron chi connectivity index (χ3n) is 3.96. The van der Waals surface area contributed by atoms with Crippen LogP contribution in [0.1, 0.15) is 11.1 Å². The summed E-state index contributed by atoms with van der Waals surface area (Å²) in [6, 6.07) is 18.7. The van der Waals surface area contributed by atoms with Gasteiger partial charge in [-0.15, -0.1) is 10.2 Å². The van der Waals surface area contributed by atoms with Gasteiger partial charge in [0.2, 0.25) is 0 Å². The number of amides is 1. The van der Waals surface area contributed by atoms with Gasteiger partial charge in [-0.2, -0.15) is 0 Å². The number of rotatable bonds is 8. The Balaban J connectivity index is 1.41. The second-order valence-corrected chi connectivity index (χ2v) is 6.69.